The summed E-state index contributed by atoms with van der Waals surface area (Å²) in [7, 11) is 3.06. The first-order chi connectivity index (χ1) is 20.4. The molecule has 208 valence electrons. The van der Waals surface area contributed by atoms with Crippen LogP contribution in [0.25, 0.3) is 0 Å². The van der Waals surface area contributed by atoms with Crippen molar-refractivity contribution in [2.45, 2.75) is 18.0 Å². The molecule has 0 radical (unpaired) electrons. The summed E-state index contributed by atoms with van der Waals surface area (Å²) >= 11 is 6.16. The third kappa shape index (κ3) is 3.46. The standard InChI is InChI=1S/C34H25ClN2O5/c1-41-22-15-16-26(27(17-22)42-2)28-29(30(38)19-11-13-21(35)14-12-19)37-31(23-8-4-3-7-20(23)18-36-37)34(28)32(39)24-9-5-6-10-25(24)33(34)40/h3-18,28-29,31H,1-2H3/t28-,29+,31?/m0/s1. The summed E-state index contributed by atoms with van der Waals surface area (Å²) in [6, 6.07) is 24.4. The van der Waals surface area contributed by atoms with Crippen molar-refractivity contribution in [3.05, 3.63) is 129 Å². The van der Waals surface area contributed by atoms with Crippen molar-refractivity contribution < 1.29 is 23.9 Å². The number of hydrazone groups is 1. The van der Waals surface area contributed by atoms with E-state index in [1.165, 1.54) is 7.11 Å². The Morgan fingerprint density at radius 1 is 0.833 bits per heavy atom. The number of nitrogens with zero attached hydrogens (tertiary/aromatic N) is 2. The Kier molecular flexibility index (Phi) is 6.02. The number of methoxy groups -OCH3 is 2. The quantitative estimate of drug-likeness (QED) is 0.209. The molecule has 4 aromatic rings. The van der Waals surface area contributed by atoms with Crippen LogP contribution in [0, 0.1) is 5.41 Å². The van der Waals surface area contributed by atoms with Crippen LogP contribution < -0.4 is 9.47 Å². The molecular weight excluding hydrogens is 552 g/mol. The van der Waals surface area contributed by atoms with Crippen molar-refractivity contribution in [3.63, 3.8) is 0 Å². The average molecular weight is 577 g/mol. The molecular formula is C34H25ClN2O5. The Bertz CT molecular complexity index is 1780. The average Bonchev–Trinajstić information content (AvgIpc) is 3.46. The SMILES string of the molecule is COc1ccc([C@H]2[C@H](C(=O)c3ccc(Cl)cc3)N3N=Cc4ccccc4C3C23C(=O)c2ccccc2C3=O)c(OC)c1. The molecule has 0 amide bonds. The zero-order chi connectivity index (χ0) is 29.2. The Morgan fingerprint density at radius 3 is 2.17 bits per heavy atom. The topological polar surface area (TPSA) is 85.3 Å². The minimum absolute atomic E-state index is 0.287. The van der Waals surface area contributed by atoms with Gasteiger partial charge in [0.05, 0.1) is 26.5 Å². The Labute approximate surface area is 247 Å². The Hall–Kier alpha value is -4.75. The van der Waals surface area contributed by atoms with Gasteiger partial charge in [-0.05, 0) is 41.5 Å². The molecule has 8 heteroatoms. The summed E-state index contributed by atoms with van der Waals surface area (Å²) in [5.41, 5.74) is 1.45. The number of fused-ring (bicyclic) bond motifs is 5. The molecule has 1 unspecified atom stereocenters. The van der Waals surface area contributed by atoms with Crippen molar-refractivity contribution in [1.82, 2.24) is 5.01 Å². The van der Waals surface area contributed by atoms with Crippen LogP contribution in [0.1, 0.15) is 59.7 Å². The first kappa shape index (κ1) is 26.2. The van der Waals surface area contributed by atoms with Gasteiger partial charge in [0.2, 0.25) is 0 Å². The first-order valence-electron chi connectivity index (χ1n) is 13.5. The summed E-state index contributed by atoms with van der Waals surface area (Å²) in [5.74, 6) is -0.969. The molecule has 7 nitrogen and oxygen atoms in total. The monoisotopic (exact) mass is 576 g/mol. The van der Waals surface area contributed by atoms with Crippen LogP contribution in [0.3, 0.4) is 0 Å². The molecule has 3 aliphatic rings. The van der Waals surface area contributed by atoms with Gasteiger partial charge < -0.3 is 9.47 Å². The number of carbonyl (C=O) groups is 3. The van der Waals surface area contributed by atoms with Gasteiger partial charge in [-0.2, -0.15) is 5.10 Å². The van der Waals surface area contributed by atoms with E-state index < -0.39 is 23.4 Å². The number of carbonyl (C=O) groups excluding carboxylic acids is 3. The van der Waals surface area contributed by atoms with E-state index in [-0.39, 0.29) is 17.3 Å². The number of benzene rings is 4. The van der Waals surface area contributed by atoms with Crippen LogP contribution in [0.2, 0.25) is 5.02 Å². The zero-order valence-electron chi connectivity index (χ0n) is 22.8. The second-order valence-corrected chi connectivity index (χ2v) is 11.1. The van der Waals surface area contributed by atoms with E-state index in [2.05, 4.69) is 0 Å². The molecule has 4 aromatic carbocycles. The number of rotatable bonds is 5. The van der Waals surface area contributed by atoms with E-state index in [0.717, 1.165) is 11.1 Å². The lowest BCUT2D eigenvalue weighted by molar-refractivity contribution is 0.0585. The molecule has 42 heavy (non-hydrogen) atoms. The van der Waals surface area contributed by atoms with Crippen molar-refractivity contribution in [3.8, 4) is 11.5 Å². The van der Waals surface area contributed by atoms with Crippen LogP contribution >= 0.6 is 11.6 Å². The fraction of sp³-hybridized carbons (Fsp3) is 0.176. The Balaban J connectivity index is 1.57. The first-order valence-corrected chi connectivity index (χ1v) is 13.9. The van der Waals surface area contributed by atoms with Crippen LogP contribution in [-0.4, -0.2) is 48.8 Å². The predicted molar refractivity (Wildman–Crippen MR) is 158 cm³/mol. The maximum atomic E-state index is 14.9. The van der Waals surface area contributed by atoms with E-state index in [4.69, 9.17) is 26.2 Å². The number of ether oxygens (including phenoxy) is 2. The van der Waals surface area contributed by atoms with Gasteiger partial charge in [0.25, 0.3) is 0 Å². The molecule has 0 saturated carbocycles. The van der Waals surface area contributed by atoms with Gasteiger partial charge in [-0.15, -0.1) is 0 Å². The van der Waals surface area contributed by atoms with E-state index in [1.54, 1.807) is 85.1 Å². The van der Waals surface area contributed by atoms with Crippen molar-refractivity contribution in [2.75, 3.05) is 14.2 Å². The smallest absolute Gasteiger partial charge is 0.187 e. The minimum atomic E-state index is -1.70. The summed E-state index contributed by atoms with van der Waals surface area (Å²) in [4.78, 5) is 44.3. The Morgan fingerprint density at radius 2 is 1.50 bits per heavy atom. The van der Waals surface area contributed by atoms with Gasteiger partial charge in [-0.1, -0.05) is 66.2 Å². The number of ketones is 3. The van der Waals surface area contributed by atoms with E-state index >= 15 is 0 Å². The van der Waals surface area contributed by atoms with Crippen LogP contribution in [0.15, 0.2) is 96.1 Å². The molecule has 0 aromatic heterocycles. The maximum absolute atomic E-state index is 14.9. The molecule has 1 spiro atoms. The normalized spacial score (nSPS) is 21.2. The molecule has 7 rings (SSSR count). The molecule has 1 fully saturated rings. The van der Waals surface area contributed by atoms with Gasteiger partial charge in [0.15, 0.2) is 17.3 Å². The predicted octanol–water partition coefficient (Wildman–Crippen LogP) is 6.16. The van der Waals surface area contributed by atoms with Gasteiger partial charge >= 0.3 is 0 Å². The molecule has 0 bridgehead atoms. The van der Waals surface area contributed by atoms with Crippen molar-refractivity contribution in [1.29, 1.82) is 0 Å². The number of hydrogen-bond acceptors (Lipinski definition) is 7. The van der Waals surface area contributed by atoms with Gasteiger partial charge in [-0.3, -0.25) is 19.4 Å². The molecule has 2 heterocycles. The third-order valence-electron chi connectivity index (χ3n) is 8.75. The van der Waals surface area contributed by atoms with Crippen molar-refractivity contribution in [2.24, 2.45) is 10.5 Å². The lowest BCUT2D eigenvalue weighted by Crippen LogP contribution is -2.44. The fourth-order valence-corrected chi connectivity index (χ4v) is 7.11. The lowest BCUT2D eigenvalue weighted by atomic mass is 9.62. The van der Waals surface area contributed by atoms with Gasteiger partial charge in [-0.25, -0.2) is 0 Å². The highest BCUT2D eigenvalue weighted by Gasteiger charge is 2.73. The van der Waals surface area contributed by atoms with Crippen LogP contribution in [-0.2, 0) is 0 Å². The maximum Gasteiger partial charge on any atom is 0.187 e. The van der Waals surface area contributed by atoms with Gasteiger partial charge in [0.1, 0.15) is 23.0 Å². The summed E-state index contributed by atoms with van der Waals surface area (Å²) < 4.78 is 11.3. The lowest BCUT2D eigenvalue weighted by Gasteiger charge is -2.36. The molecule has 2 aliphatic heterocycles. The molecule has 1 saturated heterocycles. The van der Waals surface area contributed by atoms with Crippen LogP contribution in [0.4, 0.5) is 0 Å². The second kappa shape index (κ2) is 9.67. The van der Waals surface area contributed by atoms with E-state index in [0.29, 0.717) is 38.8 Å². The molecule has 3 atom stereocenters. The summed E-state index contributed by atoms with van der Waals surface area (Å²) in [6.07, 6.45) is 1.69. The van der Waals surface area contributed by atoms with E-state index in [9.17, 15) is 14.4 Å². The largest absolute Gasteiger partial charge is 0.497 e. The highest BCUT2D eigenvalue weighted by atomic mass is 35.5. The zero-order valence-corrected chi connectivity index (χ0v) is 23.5. The molecule has 1 aliphatic carbocycles. The third-order valence-corrected chi connectivity index (χ3v) is 9.00. The second-order valence-electron chi connectivity index (χ2n) is 10.6. The van der Waals surface area contributed by atoms with E-state index in [1.807, 2.05) is 24.3 Å². The van der Waals surface area contributed by atoms with Gasteiger partial charge in [0, 0.05) is 39.3 Å². The highest BCUT2D eigenvalue weighted by Crippen LogP contribution is 2.65. The fourth-order valence-electron chi connectivity index (χ4n) is 6.98. The van der Waals surface area contributed by atoms with Crippen molar-refractivity contribution >= 4 is 35.2 Å². The summed E-state index contributed by atoms with van der Waals surface area (Å²) in [5, 5.41) is 6.94. The summed E-state index contributed by atoms with van der Waals surface area (Å²) in [6.45, 7) is 0. The van der Waals surface area contributed by atoms with Crippen LogP contribution in [0.5, 0.6) is 11.5 Å². The number of hydrogen-bond donors (Lipinski definition) is 0. The highest BCUT2D eigenvalue weighted by molar-refractivity contribution is 6.32. The minimum Gasteiger partial charge on any atom is -0.497 e. The number of halogens is 1. The molecule has 0 N–H and O–H groups in total. The number of Topliss-reactive ketones (excluding diaryl/α,β-unsaturated/α-hetero) is 3.